The summed E-state index contributed by atoms with van der Waals surface area (Å²) in [7, 11) is 0. The first-order chi connectivity index (χ1) is 12.2. The van der Waals surface area contributed by atoms with Crippen LogP contribution in [0.1, 0.15) is 77.3 Å². The largest absolute Gasteiger partial charge is 0.479 e. The van der Waals surface area contributed by atoms with E-state index < -0.39 is 11.6 Å². The monoisotopic (exact) mass is 360 g/mol. The van der Waals surface area contributed by atoms with E-state index >= 15 is 0 Å². The summed E-state index contributed by atoms with van der Waals surface area (Å²) in [6.07, 6.45) is 7.36. The Hall–Kier alpha value is -1.39. The summed E-state index contributed by atoms with van der Waals surface area (Å²) in [6, 6.07) is 8.61. The molecule has 0 aliphatic heterocycles. The highest BCUT2D eigenvalue weighted by Gasteiger charge is 2.50. The number of rotatable bonds is 7. The van der Waals surface area contributed by atoms with Gasteiger partial charge in [0, 0.05) is 0 Å². The van der Waals surface area contributed by atoms with E-state index in [-0.39, 0.29) is 5.60 Å². The summed E-state index contributed by atoms with van der Waals surface area (Å²) in [4.78, 5) is 11.1. The van der Waals surface area contributed by atoms with Crippen LogP contribution in [0, 0.1) is 0 Å². The fourth-order valence-electron chi connectivity index (χ4n) is 4.54. The van der Waals surface area contributed by atoms with Gasteiger partial charge in [0.1, 0.15) is 0 Å². The van der Waals surface area contributed by atoms with E-state index in [4.69, 9.17) is 14.6 Å². The number of hydrogen-bond donors (Lipinski definition) is 1. The van der Waals surface area contributed by atoms with Crippen molar-refractivity contribution in [1.82, 2.24) is 0 Å². The van der Waals surface area contributed by atoms with Crippen LogP contribution in [0.2, 0.25) is 0 Å². The van der Waals surface area contributed by atoms with Crippen molar-refractivity contribution in [2.75, 3.05) is 0 Å². The summed E-state index contributed by atoms with van der Waals surface area (Å²) < 4.78 is 11.8. The van der Waals surface area contributed by atoms with Gasteiger partial charge in [0.15, 0.2) is 5.60 Å². The van der Waals surface area contributed by atoms with Crippen LogP contribution in [-0.4, -0.2) is 28.4 Å². The van der Waals surface area contributed by atoms with E-state index in [0.717, 1.165) is 24.8 Å². The third kappa shape index (κ3) is 3.81. The Labute approximate surface area is 156 Å². The van der Waals surface area contributed by atoms with Crippen molar-refractivity contribution < 1.29 is 19.4 Å². The molecule has 0 amide bonds. The molecule has 0 unspecified atom stereocenters. The van der Waals surface area contributed by atoms with Gasteiger partial charge in [0.2, 0.25) is 0 Å². The molecule has 1 N–H and O–H groups in total. The number of aliphatic carboxylic acids is 1. The van der Waals surface area contributed by atoms with Crippen LogP contribution in [0.25, 0.3) is 0 Å². The zero-order valence-corrected chi connectivity index (χ0v) is 16.5. The Morgan fingerprint density at radius 1 is 1.08 bits per heavy atom. The molecule has 0 spiro atoms. The van der Waals surface area contributed by atoms with E-state index in [9.17, 15) is 4.79 Å². The fourth-order valence-corrected chi connectivity index (χ4v) is 4.54. The van der Waals surface area contributed by atoms with Gasteiger partial charge in [-0.15, -0.1) is 0 Å². The topological polar surface area (TPSA) is 55.8 Å². The standard InChI is InChI=1S/C22H32O4/c1-16(2)26-22-12-9-21(10-13-22,11-14-22)18-7-5-17(6-8-18)15-25-20(3,4)19(23)24/h5-8,16H,9-15H2,1-4H3,(H,23,24). The summed E-state index contributed by atoms with van der Waals surface area (Å²) in [6.45, 7) is 7.75. The van der Waals surface area contributed by atoms with Crippen LogP contribution in [0.3, 0.4) is 0 Å². The Bertz CT molecular complexity index is 620. The number of carboxylic acids is 1. The minimum absolute atomic E-state index is 0.117. The van der Waals surface area contributed by atoms with Crippen molar-refractivity contribution in [3.8, 4) is 0 Å². The van der Waals surface area contributed by atoms with Gasteiger partial charge in [-0.2, -0.15) is 0 Å². The van der Waals surface area contributed by atoms with Crippen molar-refractivity contribution in [2.45, 2.75) is 95.5 Å². The highest BCUT2D eigenvalue weighted by Crippen LogP contribution is 2.55. The zero-order chi connectivity index (χ0) is 19.0. The lowest BCUT2D eigenvalue weighted by atomic mass is 9.56. The van der Waals surface area contributed by atoms with Crippen LogP contribution in [0.4, 0.5) is 0 Å². The van der Waals surface area contributed by atoms with Crippen molar-refractivity contribution in [3.63, 3.8) is 0 Å². The number of hydrogen-bond acceptors (Lipinski definition) is 3. The average molecular weight is 360 g/mol. The summed E-state index contributed by atoms with van der Waals surface area (Å²) in [5.41, 5.74) is 1.68. The Kier molecular flexibility index (Phi) is 5.19. The lowest BCUT2D eigenvalue weighted by Gasteiger charge is -2.54. The molecule has 1 aromatic carbocycles. The predicted molar refractivity (Wildman–Crippen MR) is 101 cm³/mol. The van der Waals surface area contributed by atoms with Gasteiger partial charge in [-0.3, -0.25) is 0 Å². The second kappa shape index (κ2) is 6.97. The van der Waals surface area contributed by atoms with Gasteiger partial charge in [-0.25, -0.2) is 4.79 Å². The van der Waals surface area contributed by atoms with E-state index in [0.29, 0.717) is 18.1 Å². The van der Waals surface area contributed by atoms with E-state index in [1.807, 2.05) is 0 Å². The van der Waals surface area contributed by atoms with Gasteiger partial charge in [-0.1, -0.05) is 24.3 Å². The Morgan fingerprint density at radius 3 is 2.08 bits per heavy atom. The minimum atomic E-state index is -1.16. The lowest BCUT2D eigenvalue weighted by Crippen LogP contribution is -2.50. The first-order valence-corrected chi connectivity index (χ1v) is 9.81. The van der Waals surface area contributed by atoms with Crippen LogP contribution in [0.15, 0.2) is 24.3 Å². The summed E-state index contributed by atoms with van der Waals surface area (Å²) in [5.74, 6) is -0.940. The number of ether oxygens (including phenoxy) is 2. The van der Waals surface area contributed by atoms with E-state index in [1.165, 1.54) is 24.8 Å². The molecule has 4 nitrogen and oxygen atoms in total. The molecule has 0 atom stereocenters. The normalized spacial score (nSPS) is 28.5. The molecule has 26 heavy (non-hydrogen) atoms. The predicted octanol–water partition coefficient (Wildman–Crippen LogP) is 4.84. The molecule has 4 rings (SSSR count). The Balaban J connectivity index is 1.64. The SMILES string of the molecule is CC(C)OC12CCC(c3ccc(COC(C)(C)C(=O)O)cc3)(CC1)CC2. The molecule has 3 saturated carbocycles. The van der Waals surface area contributed by atoms with Crippen molar-refractivity contribution >= 4 is 5.97 Å². The first kappa shape index (κ1) is 19.4. The maximum absolute atomic E-state index is 11.1. The van der Waals surface area contributed by atoms with E-state index in [2.05, 4.69) is 38.1 Å². The molecule has 4 heteroatoms. The summed E-state index contributed by atoms with van der Waals surface area (Å²) >= 11 is 0. The fraction of sp³-hybridized carbons (Fsp3) is 0.682. The molecule has 1 aromatic rings. The van der Waals surface area contributed by atoms with Crippen LogP contribution in [-0.2, 0) is 26.3 Å². The molecule has 3 aliphatic rings. The molecule has 0 radical (unpaired) electrons. The second-order valence-electron chi connectivity index (χ2n) is 8.93. The minimum Gasteiger partial charge on any atom is -0.479 e. The first-order valence-electron chi connectivity index (χ1n) is 9.81. The van der Waals surface area contributed by atoms with Gasteiger partial charge in [0.25, 0.3) is 0 Å². The van der Waals surface area contributed by atoms with Crippen LogP contribution in [0.5, 0.6) is 0 Å². The maximum atomic E-state index is 11.1. The van der Waals surface area contributed by atoms with E-state index in [1.54, 1.807) is 13.8 Å². The number of fused-ring (bicyclic) bond motifs is 3. The number of carbonyl (C=O) groups is 1. The van der Waals surface area contributed by atoms with Crippen molar-refractivity contribution in [2.24, 2.45) is 0 Å². The highest BCUT2D eigenvalue weighted by atomic mass is 16.5. The third-order valence-corrected chi connectivity index (χ3v) is 6.34. The number of benzene rings is 1. The quantitative estimate of drug-likeness (QED) is 0.756. The Morgan fingerprint density at radius 2 is 1.62 bits per heavy atom. The van der Waals surface area contributed by atoms with Crippen LogP contribution >= 0.6 is 0 Å². The van der Waals surface area contributed by atoms with Gasteiger partial charge in [-0.05, 0) is 82.8 Å². The second-order valence-corrected chi connectivity index (χ2v) is 8.93. The van der Waals surface area contributed by atoms with Gasteiger partial charge in [0.05, 0.1) is 18.3 Å². The van der Waals surface area contributed by atoms with Gasteiger partial charge < -0.3 is 14.6 Å². The third-order valence-electron chi connectivity index (χ3n) is 6.34. The molecular formula is C22H32O4. The lowest BCUT2D eigenvalue weighted by molar-refractivity contribution is -0.162. The highest BCUT2D eigenvalue weighted by molar-refractivity contribution is 5.76. The summed E-state index contributed by atoms with van der Waals surface area (Å²) in [5, 5.41) is 9.14. The van der Waals surface area contributed by atoms with Crippen LogP contribution < -0.4 is 0 Å². The molecule has 0 saturated heterocycles. The molecule has 3 fully saturated rings. The molecule has 0 aromatic heterocycles. The molecule has 3 aliphatic carbocycles. The molecule has 2 bridgehead atoms. The van der Waals surface area contributed by atoms with Crippen molar-refractivity contribution in [3.05, 3.63) is 35.4 Å². The number of carboxylic acid groups (broad SMARTS) is 1. The van der Waals surface area contributed by atoms with Crippen molar-refractivity contribution in [1.29, 1.82) is 0 Å². The smallest absolute Gasteiger partial charge is 0.335 e. The molecule has 0 heterocycles. The molecule has 144 valence electrons. The maximum Gasteiger partial charge on any atom is 0.335 e. The zero-order valence-electron chi connectivity index (χ0n) is 16.5. The molecular weight excluding hydrogens is 328 g/mol. The van der Waals surface area contributed by atoms with Gasteiger partial charge >= 0.3 is 5.97 Å². The average Bonchev–Trinajstić information content (AvgIpc) is 2.61.